The van der Waals surface area contributed by atoms with E-state index in [4.69, 9.17) is 38.8 Å². The number of rotatable bonds is 2. The lowest BCUT2D eigenvalue weighted by Crippen LogP contribution is -2.44. The molecule has 26 heavy (non-hydrogen) atoms. The van der Waals surface area contributed by atoms with Gasteiger partial charge < -0.3 is 10.2 Å². The molecule has 128 valence electrons. The summed E-state index contributed by atoms with van der Waals surface area (Å²) in [6.45, 7) is 0. The summed E-state index contributed by atoms with van der Waals surface area (Å²) in [6, 6.07) is 13.9. The van der Waals surface area contributed by atoms with Crippen LogP contribution in [0.4, 0.5) is 5.69 Å². The number of carbonyl (C=O) groups is 1. The fourth-order valence-corrected chi connectivity index (χ4v) is 3.59. The van der Waals surface area contributed by atoms with Gasteiger partial charge in [-0.3, -0.25) is 10.2 Å². The van der Waals surface area contributed by atoms with Gasteiger partial charge in [0.2, 0.25) is 0 Å². The van der Waals surface area contributed by atoms with Gasteiger partial charge in [-0.2, -0.15) is 0 Å². The molecule has 1 aliphatic carbocycles. The van der Waals surface area contributed by atoms with Crippen LogP contribution in [0, 0.1) is 0 Å². The molecule has 0 spiro atoms. The molecule has 0 saturated heterocycles. The van der Waals surface area contributed by atoms with Crippen LogP contribution in [0.3, 0.4) is 0 Å². The van der Waals surface area contributed by atoms with Gasteiger partial charge in [-0.05, 0) is 30.3 Å². The monoisotopic (exact) mass is 383 g/mol. The lowest BCUT2D eigenvalue weighted by molar-refractivity contribution is -0.172. The molecule has 0 amide bonds. The lowest BCUT2D eigenvalue weighted by Gasteiger charge is -2.18. The Bertz CT molecular complexity index is 1210. The average Bonchev–Trinajstić information content (AvgIpc) is 2.61. The second-order valence-electron chi connectivity index (χ2n) is 5.92. The number of fused-ring (bicyclic) bond motifs is 2. The normalized spacial score (nSPS) is 11.2. The number of anilines is 1. The summed E-state index contributed by atoms with van der Waals surface area (Å²) >= 11 is 12.7. The Morgan fingerprint density at radius 1 is 0.962 bits per heavy atom. The van der Waals surface area contributed by atoms with Gasteiger partial charge in [-0.25, -0.2) is 0 Å². The van der Waals surface area contributed by atoms with Crippen molar-refractivity contribution in [1.29, 1.82) is 0 Å². The van der Waals surface area contributed by atoms with Crippen molar-refractivity contribution in [3.05, 3.63) is 69.5 Å². The van der Waals surface area contributed by atoms with Crippen LogP contribution < -0.4 is 16.5 Å². The van der Waals surface area contributed by atoms with Crippen molar-refractivity contribution in [3.8, 4) is 22.5 Å². The van der Waals surface area contributed by atoms with E-state index in [2.05, 4.69) is 0 Å². The quantitative estimate of drug-likeness (QED) is 0.315. The zero-order valence-corrected chi connectivity index (χ0v) is 14.9. The number of hydrogen-bond acceptors (Lipinski definition) is 3. The number of benzene rings is 3. The van der Waals surface area contributed by atoms with Gasteiger partial charge in [0, 0.05) is 50.5 Å². The maximum absolute atomic E-state index is 11.7. The molecule has 1 aliphatic heterocycles. The molecule has 0 bridgehead atoms. The highest BCUT2D eigenvalue weighted by Gasteiger charge is 2.22. The van der Waals surface area contributed by atoms with Gasteiger partial charge >= 0.3 is 0 Å². The van der Waals surface area contributed by atoms with Crippen molar-refractivity contribution in [2.24, 2.45) is 0 Å². The summed E-state index contributed by atoms with van der Waals surface area (Å²) < 4.78 is 5.99. The van der Waals surface area contributed by atoms with Crippen LogP contribution in [-0.4, -0.2) is 6.29 Å². The highest BCUT2D eigenvalue weighted by atomic mass is 35.5. The molecule has 0 aromatic heterocycles. The van der Waals surface area contributed by atoms with E-state index in [1.165, 1.54) is 0 Å². The fraction of sp³-hybridized carbons (Fsp3) is 0. The van der Waals surface area contributed by atoms with Crippen LogP contribution in [0.2, 0.25) is 10.0 Å². The molecule has 2 aliphatic rings. The number of carbonyl (C=O) groups excluding carboxylic acids is 1. The molecule has 0 saturated carbocycles. The minimum Gasteiger partial charge on any atom is -0.456 e. The molecule has 0 radical (unpaired) electrons. The van der Waals surface area contributed by atoms with E-state index in [0.29, 0.717) is 49.8 Å². The summed E-state index contributed by atoms with van der Waals surface area (Å²) in [7, 11) is 0. The Labute approximate surface area is 158 Å². The summed E-state index contributed by atoms with van der Waals surface area (Å²) in [4.78, 5) is 11.7. The minimum absolute atomic E-state index is 0.321. The smallest absolute Gasteiger partial charge is 0.200 e. The number of halogens is 2. The molecule has 2 aromatic carbocycles. The van der Waals surface area contributed by atoms with Gasteiger partial charge in [0.1, 0.15) is 11.3 Å². The van der Waals surface area contributed by atoms with Gasteiger partial charge in [0.05, 0.1) is 11.1 Å². The first kappa shape index (κ1) is 16.6. The van der Waals surface area contributed by atoms with Crippen LogP contribution in [-0.2, 0) is 0 Å². The summed E-state index contributed by atoms with van der Waals surface area (Å²) in [5, 5.41) is 7.98. The first-order valence-electron chi connectivity index (χ1n) is 7.77. The Morgan fingerprint density at radius 2 is 1.73 bits per heavy atom. The van der Waals surface area contributed by atoms with E-state index in [-0.39, 0.29) is 0 Å². The van der Waals surface area contributed by atoms with Crippen LogP contribution in [0.25, 0.3) is 33.4 Å². The number of hydrogen-bond donors (Lipinski definition) is 2. The van der Waals surface area contributed by atoms with Gasteiger partial charge in [0.25, 0.3) is 0 Å². The molecule has 1 heterocycles. The van der Waals surface area contributed by atoms with E-state index >= 15 is 0 Å². The van der Waals surface area contributed by atoms with Crippen molar-refractivity contribution in [2.45, 2.75) is 0 Å². The number of nitrogens with two attached hydrogens (primary N) is 2. The Balaban J connectivity index is 2.27. The predicted octanol–water partition coefficient (Wildman–Crippen LogP) is 3.57. The molecular weight excluding hydrogens is 371 g/mol. The third kappa shape index (κ3) is 2.55. The Morgan fingerprint density at radius 3 is 2.50 bits per heavy atom. The highest BCUT2D eigenvalue weighted by Crippen LogP contribution is 2.45. The predicted molar refractivity (Wildman–Crippen MR) is 103 cm³/mol. The minimum atomic E-state index is 0.321. The number of nitrogen functional groups attached to an aromatic ring is 1. The second-order valence-corrected chi connectivity index (χ2v) is 6.74. The highest BCUT2D eigenvalue weighted by molar-refractivity contribution is 6.38. The van der Waals surface area contributed by atoms with Crippen molar-refractivity contribution in [1.82, 2.24) is 0 Å². The van der Waals surface area contributed by atoms with Gasteiger partial charge in [-0.15, -0.1) is 0 Å². The van der Waals surface area contributed by atoms with Crippen molar-refractivity contribution < 1.29 is 14.6 Å². The molecular formula is C20H13Cl2N2O2+. The van der Waals surface area contributed by atoms with Crippen molar-refractivity contribution in [3.63, 3.8) is 0 Å². The SMILES string of the molecule is Nc1ccc2c(-c3c(Cl)ccc(Cl)c3C=O)c3ccc(=[NH2+])cc-3oc2c1. The van der Waals surface area contributed by atoms with Gasteiger partial charge in [0.15, 0.2) is 11.6 Å². The first-order valence-corrected chi connectivity index (χ1v) is 8.53. The van der Waals surface area contributed by atoms with Crippen LogP contribution in [0.5, 0.6) is 0 Å². The molecule has 2 aromatic rings. The van der Waals surface area contributed by atoms with Crippen molar-refractivity contribution in [2.75, 3.05) is 5.73 Å². The standard InChI is InChI=1S/C20H12Cl2N2O2/c21-15-5-6-16(22)20(14(15)9-25)19-12-3-1-10(23)7-17(12)26-18-8-11(24)2-4-13(18)19/h1-9,23H,24H2/p+1. The Kier molecular flexibility index (Phi) is 3.94. The maximum atomic E-state index is 11.7. The van der Waals surface area contributed by atoms with E-state index < -0.39 is 0 Å². The third-order valence-electron chi connectivity index (χ3n) is 4.28. The summed E-state index contributed by atoms with van der Waals surface area (Å²) in [5.74, 6) is 0.561. The van der Waals surface area contributed by atoms with E-state index in [1.54, 1.807) is 36.4 Å². The molecule has 4 N–H and O–H groups in total. The average molecular weight is 384 g/mol. The molecule has 0 fully saturated rings. The fourth-order valence-electron chi connectivity index (χ4n) is 3.13. The van der Waals surface area contributed by atoms with Crippen LogP contribution in [0.15, 0.2) is 52.9 Å². The van der Waals surface area contributed by atoms with Crippen LogP contribution in [0.1, 0.15) is 10.4 Å². The van der Waals surface area contributed by atoms with E-state index in [0.717, 1.165) is 16.5 Å². The topological polar surface area (TPSA) is 81.8 Å². The third-order valence-corrected chi connectivity index (χ3v) is 4.92. The summed E-state index contributed by atoms with van der Waals surface area (Å²) in [6.07, 6.45) is 0.708. The zero-order chi connectivity index (χ0) is 18.4. The largest absolute Gasteiger partial charge is 0.456 e. The zero-order valence-electron chi connectivity index (χ0n) is 13.4. The molecule has 6 heteroatoms. The second kappa shape index (κ2) is 6.16. The first-order chi connectivity index (χ1) is 12.5. The molecule has 4 nitrogen and oxygen atoms in total. The lowest BCUT2D eigenvalue weighted by atomic mass is 9.91. The molecule has 0 atom stereocenters. The van der Waals surface area contributed by atoms with Crippen molar-refractivity contribution >= 4 is 46.1 Å². The van der Waals surface area contributed by atoms with E-state index in [1.807, 2.05) is 12.1 Å². The van der Waals surface area contributed by atoms with E-state index in [9.17, 15) is 4.79 Å². The number of aldehydes is 1. The Hall–Kier alpha value is -2.82. The van der Waals surface area contributed by atoms with Gasteiger partial charge in [-0.1, -0.05) is 23.2 Å². The molecule has 4 rings (SSSR count). The van der Waals surface area contributed by atoms with Crippen LogP contribution >= 0.6 is 23.2 Å². The maximum Gasteiger partial charge on any atom is 0.200 e. The summed E-state index contributed by atoms with van der Waals surface area (Å²) in [5.41, 5.74) is 9.41. The molecule has 0 unspecified atom stereocenters.